The second-order valence-corrected chi connectivity index (χ2v) is 6.97. The van der Waals surface area contributed by atoms with E-state index in [4.69, 9.17) is 18.9 Å². The summed E-state index contributed by atoms with van der Waals surface area (Å²) in [5.74, 6) is -1.49. The molecule has 6 heteroatoms. The molecule has 0 spiro atoms. The minimum absolute atomic E-state index is 0.105. The molecule has 164 valence electrons. The molecule has 1 heterocycles. The van der Waals surface area contributed by atoms with Crippen molar-refractivity contribution in [2.24, 2.45) is 5.41 Å². The number of carbonyl (C=O) groups is 2. The lowest BCUT2D eigenvalue weighted by Crippen LogP contribution is -2.50. The van der Waals surface area contributed by atoms with E-state index in [0.717, 1.165) is 11.1 Å². The highest BCUT2D eigenvalue weighted by molar-refractivity contribution is 6.06. The molecule has 31 heavy (non-hydrogen) atoms. The van der Waals surface area contributed by atoms with Crippen LogP contribution in [0.25, 0.3) is 6.08 Å². The second kappa shape index (κ2) is 10.4. The van der Waals surface area contributed by atoms with E-state index in [-0.39, 0.29) is 19.8 Å². The van der Waals surface area contributed by atoms with Gasteiger partial charge in [-0.15, -0.1) is 0 Å². The third-order valence-corrected chi connectivity index (χ3v) is 5.09. The standard InChI is InChI=1S/C25H28O6/c1-4-28-22(26)25(23(27)29-5-2)20(17-18-13-9-7-10-14-18)21(31-24(25)30-6-3)19-15-11-8-12-16-19/h7-17,21,24H,4-6H2,1-3H3/b20-17+. The van der Waals surface area contributed by atoms with Crippen molar-refractivity contribution in [1.82, 2.24) is 0 Å². The molecule has 0 amide bonds. The molecule has 2 aromatic rings. The Labute approximate surface area is 182 Å². The predicted molar refractivity (Wildman–Crippen MR) is 116 cm³/mol. The molecule has 0 aliphatic carbocycles. The van der Waals surface area contributed by atoms with Gasteiger partial charge in [0.15, 0.2) is 6.29 Å². The maximum absolute atomic E-state index is 13.4. The van der Waals surface area contributed by atoms with Crippen LogP contribution in [0.4, 0.5) is 0 Å². The van der Waals surface area contributed by atoms with Gasteiger partial charge in [-0.3, -0.25) is 9.59 Å². The van der Waals surface area contributed by atoms with E-state index in [2.05, 4.69) is 0 Å². The summed E-state index contributed by atoms with van der Waals surface area (Å²) in [7, 11) is 0. The molecule has 2 atom stereocenters. The Morgan fingerprint density at radius 2 is 1.42 bits per heavy atom. The van der Waals surface area contributed by atoms with Crippen LogP contribution in [0.2, 0.25) is 0 Å². The van der Waals surface area contributed by atoms with Crippen molar-refractivity contribution in [3.63, 3.8) is 0 Å². The number of carbonyl (C=O) groups excluding carboxylic acids is 2. The first-order chi connectivity index (χ1) is 15.1. The fourth-order valence-corrected chi connectivity index (χ4v) is 3.76. The predicted octanol–water partition coefficient (Wildman–Crippen LogP) is 4.32. The summed E-state index contributed by atoms with van der Waals surface area (Å²) in [6, 6.07) is 18.9. The lowest BCUT2D eigenvalue weighted by Gasteiger charge is -2.30. The highest BCUT2D eigenvalue weighted by Crippen LogP contribution is 2.53. The molecule has 0 radical (unpaired) electrons. The number of esters is 2. The highest BCUT2D eigenvalue weighted by atomic mass is 16.7. The van der Waals surface area contributed by atoms with Gasteiger partial charge in [-0.2, -0.15) is 0 Å². The van der Waals surface area contributed by atoms with Crippen molar-refractivity contribution in [1.29, 1.82) is 0 Å². The third-order valence-electron chi connectivity index (χ3n) is 5.09. The summed E-state index contributed by atoms with van der Waals surface area (Å²) in [5.41, 5.74) is 0.167. The van der Waals surface area contributed by atoms with Gasteiger partial charge in [0.25, 0.3) is 0 Å². The van der Waals surface area contributed by atoms with E-state index < -0.39 is 29.7 Å². The van der Waals surface area contributed by atoms with Crippen LogP contribution < -0.4 is 0 Å². The Morgan fingerprint density at radius 3 is 1.94 bits per heavy atom. The van der Waals surface area contributed by atoms with Gasteiger partial charge in [0, 0.05) is 6.61 Å². The van der Waals surface area contributed by atoms with Crippen LogP contribution in [-0.4, -0.2) is 38.0 Å². The van der Waals surface area contributed by atoms with Gasteiger partial charge in [0.05, 0.1) is 13.2 Å². The summed E-state index contributed by atoms with van der Waals surface area (Å²) in [5, 5.41) is 0. The molecule has 0 N–H and O–H groups in total. The molecule has 0 aromatic heterocycles. The highest BCUT2D eigenvalue weighted by Gasteiger charge is 2.66. The normalized spacial score (nSPS) is 21.1. The first-order valence-electron chi connectivity index (χ1n) is 10.5. The molecule has 1 aliphatic heterocycles. The number of hydrogen-bond donors (Lipinski definition) is 0. The minimum Gasteiger partial charge on any atom is -0.465 e. The van der Waals surface area contributed by atoms with Crippen molar-refractivity contribution in [3.8, 4) is 0 Å². The molecule has 3 rings (SSSR count). The molecule has 6 nitrogen and oxygen atoms in total. The summed E-state index contributed by atoms with van der Waals surface area (Å²) < 4.78 is 22.8. The lowest BCUT2D eigenvalue weighted by atomic mass is 9.76. The average Bonchev–Trinajstić information content (AvgIpc) is 3.10. The third kappa shape index (κ3) is 4.40. The lowest BCUT2D eigenvalue weighted by molar-refractivity contribution is -0.205. The van der Waals surface area contributed by atoms with E-state index in [9.17, 15) is 9.59 Å². The van der Waals surface area contributed by atoms with Crippen LogP contribution in [0.1, 0.15) is 38.0 Å². The van der Waals surface area contributed by atoms with Gasteiger partial charge in [0.2, 0.25) is 5.41 Å². The fraction of sp³-hybridized carbons (Fsp3) is 0.360. The van der Waals surface area contributed by atoms with Gasteiger partial charge in [-0.25, -0.2) is 0 Å². The topological polar surface area (TPSA) is 71.1 Å². The molecule has 1 fully saturated rings. The zero-order chi connectivity index (χ0) is 22.3. The number of hydrogen-bond acceptors (Lipinski definition) is 6. The fourth-order valence-electron chi connectivity index (χ4n) is 3.76. The molecule has 2 aromatic carbocycles. The zero-order valence-corrected chi connectivity index (χ0v) is 18.1. The van der Waals surface area contributed by atoms with E-state index in [0.29, 0.717) is 5.57 Å². The van der Waals surface area contributed by atoms with E-state index >= 15 is 0 Å². The second-order valence-electron chi connectivity index (χ2n) is 6.97. The molecule has 2 unspecified atom stereocenters. The SMILES string of the molecule is CCOC(=O)C1(C(=O)OCC)/C(=C/c2ccccc2)C(c2ccccc2)OC1OCC. The first-order valence-corrected chi connectivity index (χ1v) is 10.5. The van der Waals surface area contributed by atoms with Crippen molar-refractivity contribution < 1.29 is 28.5 Å². The van der Waals surface area contributed by atoms with Crippen LogP contribution in [0, 0.1) is 5.41 Å². The van der Waals surface area contributed by atoms with Crippen molar-refractivity contribution >= 4 is 18.0 Å². The van der Waals surface area contributed by atoms with Crippen LogP contribution >= 0.6 is 0 Å². The molecular formula is C25H28O6. The Hall–Kier alpha value is -2.96. The summed E-state index contributed by atoms with van der Waals surface area (Å²) >= 11 is 0. The van der Waals surface area contributed by atoms with Gasteiger partial charge >= 0.3 is 11.9 Å². The summed E-state index contributed by atoms with van der Waals surface area (Å²) in [6.07, 6.45) is -0.0765. The summed E-state index contributed by atoms with van der Waals surface area (Å²) in [6.45, 7) is 5.61. The maximum Gasteiger partial charge on any atom is 0.333 e. The average molecular weight is 424 g/mol. The van der Waals surface area contributed by atoms with Crippen LogP contribution in [0.5, 0.6) is 0 Å². The van der Waals surface area contributed by atoms with Crippen molar-refractivity contribution in [2.75, 3.05) is 19.8 Å². The summed E-state index contributed by atoms with van der Waals surface area (Å²) in [4.78, 5) is 26.8. The van der Waals surface area contributed by atoms with Gasteiger partial charge in [-0.05, 0) is 37.5 Å². The number of ether oxygens (including phenoxy) is 4. The van der Waals surface area contributed by atoms with Gasteiger partial charge < -0.3 is 18.9 Å². The van der Waals surface area contributed by atoms with E-state index in [1.807, 2.05) is 60.7 Å². The van der Waals surface area contributed by atoms with E-state index in [1.165, 1.54) is 0 Å². The van der Waals surface area contributed by atoms with Crippen molar-refractivity contribution in [3.05, 3.63) is 77.4 Å². The Bertz CT molecular complexity index is 888. The molecular weight excluding hydrogens is 396 g/mol. The Balaban J connectivity index is 2.28. The monoisotopic (exact) mass is 424 g/mol. The first kappa shape index (κ1) is 22.7. The quantitative estimate of drug-likeness (QED) is 0.464. The molecule has 1 saturated heterocycles. The smallest absolute Gasteiger partial charge is 0.333 e. The number of benzene rings is 2. The molecule has 1 aliphatic rings. The largest absolute Gasteiger partial charge is 0.465 e. The zero-order valence-electron chi connectivity index (χ0n) is 18.1. The number of rotatable bonds is 8. The minimum atomic E-state index is -1.88. The van der Waals surface area contributed by atoms with Crippen LogP contribution in [0.3, 0.4) is 0 Å². The van der Waals surface area contributed by atoms with Gasteiger partial charge in [-0.1, -0.05) is 66.7 Å². The van der Waals surface area contributed by atoms with Crippen LogP contribution in [-0.2, 0) is 28.5 Å². The van der Waals surface area contributed by atoms with Crippen LogP contribution in [0.15, 0.2) is 66.2 Å². The molecule has 0 bridgehead atoms. The Kier molecular flexibility index (Phi) is 7.60. The van der Waals surface area contributed by atoms with E-state index in [1.54, 1.807) is 26.8 Å². The molecule has 0 saturated carbocycles. The van der Waals surface area contributed by atoms with Crippen molar-refractivity contribution in [2.45, 2.75) is 33.2 Å². The Morgan fingerprint density at radius 1 is 0.871 bits per heavy atom. The van der Waals surface area contributed by atoms with Gasteiger partial charge in [0.1, 0.15) is 6.10 Å². The maximum atomic E-state index is 13.4.